The number of aromatic nitrogens is 2. The maximum absolute atomic E-state index is 13.7. The number of nitrogens with zero attached hydrogens (tertiary/aromatic N) is 4. The Labute approximate surface area is 210 Å². The van der Waals surface area contributed by atoms with E-state index in [1.165, 1.54) is 0 Å². The number of ether oxygens (including phenoxy) is 1. The lowest BCUT2D eigenvalue weighted by Gasteiger charge is -2.49. The molecule has 4 aliphatic rings. The molecule has 4 fully saturated rings. The SMILES string of the molecule is CCn1cc2c(Cl)c(C3NNC4NC(N5CCC6(CC5)CO[C@@H](C)[C@H]6N)N(C)C(=O)C43)ccc2n1. The van der Waals surface area contributed by atoms with Crippen LogP contribution in [0.5, 0.6) is 0 Å². The maximum Gasteiger partial charge on any atom is 0.232 e. The Hall–Kier alpha value is -1.79. The molecule has 1 amide bonds. The number of amides is 1. The third-order valence-corrected chi connectivity index (χ3v) is 9.21. The second kappa shape index (κ2) is 8.65. The molecule has 4 aliphatic heterocycles. The Morgan fingerprint density at radius 2 is 2.06 bits per heavy atom. The van der Waals surface area contributed by atoms with Crippen LogP contribution in [0, 0.1) is 11.3 Å². The quantitative estimate of drug-likeness (QED) is 0.491. The number of hydrogen-bond acceptors (Lipinski definition) is 8. The van der Waals surface area contributed by atoms with E-state index in [0.29, 0.717) is 5.02 Å². The number of rotatable bonds is 3. The summed E-state index contributed by atoms with van der Waals surface area (Å²) < 4.78 is 7.75. The van der Waals surface area contributed by atoms with Crippen LogP contribution in [0.15, 0.2) is 18.3 Å². The van der Waals surface area contributed by atoms with Crippen LogP contribution >= 0.6 is 11.6 Å². The smallest absolute Gasteiger partial charge is 0.232 e. The molecule has 11 heteroatoms. The average Bonchev–Trinajstić information content (AvgIpc) is 3.56. The van der Waals surface area contributed by atoms with Gasteiger partial charge >= 0.3 is 0 Å². The predicted octanol–water partition coefficient (Wildman–Crippen LogP) is 0.974. The Balaban J connectivity index is 1.19. The summed E-state index contributed by atoms with van der Waals surface area (Å²) in [5.41, 5.74) is 15.0. The molecule has 5 heterocycles. The van der Waals surface area contributed by atoms with Crippen LogP contribution in [0.25, 0.3) is 10.9 Å². The number of hydrazine groups is 1. The van der Waals surface area contributed by atoms with E-state index in [1.54, 1.807) is 0 Å². The number of halogens is 1. The molecular formula is C24H35ClN8O2. The van der Waals surface area contributed by atoms with Gasteiger partial charge in [-0.05, 0) is 38.3 Å². The van der Waals surface area contributed by atoms with Crippen molar-refractivity contribution in [3.8, 4) is 0 Å². The molecule has 5 N–H and O–H groups in total. The molecule has 1 spiro atoms. The van der Waals surface area contributed by atoms with Crippen molar-refractivity contribution in [3.05, 3.63) is 28.9 Å². The second-order valence-electron chi connectivity index (χ2n) is 10.6. The minimum absolute atomic E-state index is 0.0505. The van der Waals surface area contributed by atoms with Gasteiger partial charge in [0, 0.05) is 49.7 Å². The molecule has 0 bridgehead atoms. The largest absolute Gasteiger partial charge is 0.376 e. The molecule has 10 nitrogen and oxygen atoms in total. The van der Waals surface area contributed by atoms with E-state index in [9.17, 15) is 4.79 Å². The molecule has 190 valence electrons. The van der Waals surface area contributed by atoms with Crippen LogP contribution in [0.2, 0.25) is 5.02 Å². The lowest BCUT2D eigenvalue weighted by Crippen LogP contribution is -2.70. The zero-order chi connectivity index (χ0) is 24.5. The van der Waals surface area contributed by atoms with E-state index in [2.05, 4.69) is 33.1 Å². The van der Waals surface area contributed by atoms with Crippen molar-refractivity contribution in [2.75, 3.05) is 26.7 Å². The lowest BCUT2D eigenvalue weighted by molar-refractivity contribution is -0.151. The van der Waals surface area contributed by atoms with Crippen LogP contribution in [0.4, 0.5) is 0 Å². The van der Waals surface area contributed by atoms with E-state index in [1.807, 2.05) is 41.9 Å². The highest BCUT2D eigenvalue weighted by atomic mass is 35.5. The molecule has 1 aromatic heterocycles. The van der Waals surface area contributed by atoms with Crippen molar-refractivity contribution in [3.63, 3.8) is 0 Å². The number of fused-ring (bicyclic) bond motifs is 2. The third-order valence-electron chi connectivity index (χ3n) is 8.79. The van der Waals surface area contributed by atoms with Crippen molar-refractivity contribution >= 4 is 28.4 Å². The molecule has 6 atom stereocenters. The standard InChI is InChI=1S/C24H35ClN8O2/c1-4-33-11-15-16(30-33)6-5-14(18(15)25)19-17-21(29-28-19)27-23(31(3)22(17)34)32-9-7-24(8-10-32)12-35-13(2)20(24)26/h5-6,11,13,17,19-21,23,27-29H,4,7-10,12,26H2,1-3H3/t13-,17?,19?,20+,21?,23?/m0/s1. The van der Waals surface area contributed by atoms with Gasteiger partial charge in [0.25, 0.3) is 0 Å². The third kappa shape index (κ3) is 3.61. The summed E-state index contributed by atoms with van der Waals surface area (Å²) >= 11 is 6.84. The number of nitrogens with one attached hydrogen (secondary N) is 3. The van der Waals surface area contributed by atoms with Crippen LogP contribution in [-0.4, -0.2) is 76.8 Å². The highest BCUT2D eigenvalue weighted by Gasteiger charge is 2.52. The van der Waals surface area contributed by atoms with Gasteiger partial charge in [0.2, 0.25) is 5.91 Å². The predicted molar refractivity (Wildman–Crippen MR) is 133 cm³/mol. The Bertz CT molecular complexity index is 1130. The van der Waals surface area contributed by atoms with Gasteiger partial charge in [-0.15, -0.1) is 0 Å². The first-order chi connectivity index (χ1) is 16.8. The summed E-state index contributed by atoms with van der Waals surface area (Å²) in [7, 11) is 1.89. The van der Waals surface area contributed by atoms with E-state index in [4.69, 9.17) is 22.1 Å². The fourth-order valence-electron chi connectivity index (χ4n) is 6.45. The van der Waals surface area contributed by atoms with Gasteiger partial charge in [0.1, 0.15) is 6.29 Å². The van der Waals surface area contributed by atoms with Crippen molar-refractivity contribution in [1.82, 2.24) is 35.7 Å². The molecule has 4 saturated heterocycles. The summed E-state index contributed by atoms with van der Waals surface area (Å²) in [6.45, 7) is 7.37. The van der Waals surface area contributed by atoms with Gasteiger partial charge < -0.3 is 15.4 Å². The summed E-state index contributed by atoms with van der Waals surface area (Å²) in [4.78, 5) is 17.9. The summed E-state index contributed by atoms with van der Waals surface area (Å²) in [5.74, 6) is -0.225. The van der Waals surface area contributed by atoms with Crippen LogP contribution in [0.3, 0.4) is 0 Å². The number of hydrogen-bond donors (Lipinski definition) is 4. The van der Waals surface area contributed by atoms with E-state index in [0.717, 1.165) is 55.5 Å². The second-order valence-corrected chi connectivity index (χ2v) is 11.0. The molecular weight excluding hydrogens is 468 g/mol. The van der Waals surface area contributed by atoms with Gasteiger partial charge in [-0.1, -0.05) is 17.7 Å². The van der Waals surface area contributed by atoms with Crippen LogP contribution < -0.4 is 21.9 Å². The normalized spacial score (nSPS) is 35.3. The number of likely N-dealkylation sites (tertiary alicyclic amines) is 1. The molecule has 4 unspecified atom stereocenters. The summed E-state index contributed by atoms with van der Waals surface area (Å²) in [6.07, 6.45) is 3.64. The Morgan fingerprint density at radius 3 is 2.74 bits per heavy atom. The zero-order valence-corrected chi connectivity index (χ0v) is 21.3. The Morgan fingerprint density at radius 1 is 1.29 bits per heavy atom. The Kier molecular flexibility index (Phi) is 5.84. The first kappa shape index (κ1) is 23.6. The summed E-state index contributed by atoms with van der Waals surface area (Å²) in [6, 6.07) is 3.79. The number of aryl methyl sites for hydroxylation is 1. The van der Waals surface area contributed by atoms with E-state index >= 15 is 0 Å². The van der Waals surface area contributed by atoms with Crippen molar-refractivity contribution in [1.29, 1.82) is 0 Å². The average molecular weight is 503 g/mol. The van der Waals surface area contributed by atoms with Crippen molar-refractivity contribution in [2.24, 2.45) is 17.1 Å². The van der Waals surface area contributed by atoms with Gasteiger partial charge in [-0.3, -0.25) is 19.7 Å². The first-order valence-electron chi connectivity index (χ1n) is 12.6. The highest BCUT2D eigenvalue weighted by molar-refractivity contribution is 6.36. The molecule has 1 aromatic carbocycles. The van der Waals surface area contributed by atoms with Gasteiger partial charge in [-0.2, -0.15) is 5.10 Å². The van der Waals surface area contributed by atoms with Crippen LogP contribution in [0.1, 0.15) is 38.3 Å². The fraction of sp³-hybridized carbons (Fsp3) is 0.667. The number of benzene rings is 1. The molecule has 2 aromatic rings. The zero-order valence-electron chi connectivity index (χ0n) is 20.5. The molecule has 0 aliphatic carbocycles. The van der Waals surface area contributed by atoms with Crippen molar-refractivity contribution in [2.45, 2.75) is 63.9 Å². The van der Waals surface area contributed by atoms with Gasteiger partial charge in [-0.25, -0.2) is 10.9 Å². The molecule has 6 rings (SSSR count). The minimum Gasteiger partial charge on any atom is -0.376 e. The van der Waals surface area contributed by atoms with Crippen molar-refractivity contribution < 1.29 is 9.53 Å². The minimum atomic E-state index is -0.318. The van der Waals surface area contributed by atoms with Gasteiger partial charge in [0.05, 0.1) is 41.4 Å². The summed E-state index contributed by atoms with van der Waals surface area (Å²) in [5, 5.41) is 9.77. The van der Waals surface area contributed by atoms with E-state index in [-0.39, 0.29) is 47.9 Å². The molecule has 0 saturated carbocycles. The highest BCUT2D eigenvalue weighted by Crippen LogP contribution is 2.43. The fourth-order valence-corrected chi connectivity index (χ4v) is 6.77. The molecule has 35 heavy (non-hydrogen) atoms. The number of carbonyl (C=O) groups is 1. The van der Waals surface area contributed by atoms with Gasteiger partial charge in [0.15, 0.2) is 0 Å². The monoisotopic (exact) mass is 502 g/mol. The number of piperidine rings is 1. The first-order valence-corrected chi connectivity index (χ1v) is 13.0. The van der Waals surface area contributed by atoms with Crippen LogP contribution in [-0.2, 0) is 16.1 Å². The molecule has 0 radical (unpaired) electrons. The van der Waals surface area contributed by atoms with E-state index < -0.39 is 0 Å². The maximum atomic E-state index is 13.7. The number of nitrogens with two attached hydrogens (primary N) is 1. The topological polar surface area (TPSA) is 113 Å². The number of carbonyl (C=O) groups excluding carboxylic acids is 1. The lowest BCUT2D eigenvalue weighted by atomic mass is 9.73.